The highest BCUT2D eigenvalue weighted by Gasteiger charge is 2.05. The third-order valence-electron chi connectivity index (χ3n) is 1.58. The van der Waals surface area contributed by atoms with E-state index in [0.29, 0.717) is 0 Å². The van der Waals surface area contributed by atoms with Gasteiger partial charge < -0.3 is 11.1 Å². The minimum absolute atomic E-state index is 0.192. The molecule has 0 aliphatic carbocycles. The first-order chi connectivity index (χ1) is 7.09. The van der Waals surface area contributed by atoms with Crippen LogP contribution in [0.4, 0.5) is 14.9 Å². The van der Waals surface area contributed by atoms with Gasteiger partial charge in [0.05, 0.1) is 12.2 Å². The summed E-state index contributed by atoms with van der Waals surface area (Å²) in [5, 5.41) is 4.37. The summed E-state index contributed by atoms with van der Waals surface area (Å²) in [6.45, 7) is -0.218. The first-order valence-electron chi connectivity index (χ1n) is 4.17. The third-order valence-corrected chi connectivity index (χ3v) is 1.58. The monoisotopic (exact) mass is 211 g/mol. The maximum Gasteiger partial charge on any atom is 0.318 e. The van der Waals surface area contributed by atoms with Gasteiger partial charge in [0.15, 0.2) is 0 Å². The fourth-order valence-corrected chi connectivity index (χ4v) is 0.962. The highest BCUT2D eigenvalue weighted by molar-refractivity contribution is 5.95. The zero-order valence-corrected chi connectivity index (χ0v) is 7.79. The van der Waals surface area contributed by atoms with Gasteiger partial charge in [-0.15, -0.1) is 0 Å². The van der Waals surface area contributed by atoms with Gasteiger partial charge in [-0.2, -0.15) is 0 Å². The van der Waals surface area contributed by atoms with Crippen LogP contribution < -0.4 is 16.4 Å². The second-order valence-corrected chi connectivity index (χ2v) is 2.75. The zero-order chi connectivity index (χ0) is 11.3. The smallest absolute Gasteiger partial charge is 0.318 e. The Balaban J connectivity index is 2.47. The third kappa shape index (κ3) is 3.63. The van der Waals surface area contributed by atoms with E-state index in [-0.39, 0.29) is 12.2 Å². The lowest BCUT2D eigenvalue weighted by Crippen LogP contribution is -2.38. The van der Waals surface area contributed by atoms with E-state index >= 15 is 0 Å². The molecule has 3 amide bonds. The van der Waals surface area contributed by atoms with Gasteiger partial charge in [0.25, 0.3) is 0 Å². The van der Waals surface area contributed by atoms with Crippen molar-refractivity contribution in [3.8, 4) is 0 Å². The molecule has 1 rings (SSSR count). The van der Waals surface area contributed by atoms with Crippen molar-refractivity contribution < 1.29 is 14.0 Å². The fourth-order valence-electron chi connectivity index (χ4n) is 0.962. The maximum absolute atomic E-state index is 13.0. The number of imide groups is 1. The van der Waals surface area contributed by atoms with E-state index in [4.69, 9.17) is 5.73 Å². The number of hydrogen-bond donors (Lipinski definition) is 3. The number of hydrogen-bond acceptors (Lipinski definition) is 3. The van der Waals surface area contributed by atoms with Crippen molar-refractivity contribution in [3.63, 3.8) is 0 Å². The van der Waals surface area contributed by atoms with Crippen molar-refractivity contribution in [3.05, 3.63) is 30.1 Å². The number of carbonyl (C=O) groups excluding carboxylic acids is 2. The average Bonchev–Trinajstić information content (AvgIpc) is 2.15. The predicted octanol–water partition coefficient (Wildman–Crippen LogP) is 0.432. The first kappa shape index (κ1) is 11.0. The zero-order valence-electron chi connectivity index (χ0n) is 7.79. The van der Waals surface area contributed by atoms with Gasteiger partial charge in [0, 0.05) is 0 Å². The molecule has 0 heterocycles. The summed E-state index contributed by atoms with van der Waals surface area (Å²) in [6.07, 6.45) is 0. The molecule has 0 bridgehead atoms. The Labute approximate surface area is 85.5 Å². The van der Waals surface area contributed by atoms with Crippen molar-refractivity contribution >= 4 is 17.6 Å². The number of amides is 3. The normalized spacial score (nSPS) is 9.40. The number of primary amides is 1. The van der Waals surface area contributed by atoms with Gasteiger partial charge in [0.2, 0.25) is 5.91 Å². The van der Waals surface area contributed by atoms with Crippen LogP contribution in [0.5, 0.6) is 0 Å². The molecule has 0 fully saturated rings. The van der Waals surface area contributed by atoms with Crippen LogP contribution >= 0.6 is 0 Å². The molecule has 0 aliphatic heterocycles. The summed E-state index contributed by atoms with van der Waals surface area (Å²) < 4.78 is 13.0. The number of nitrogens with one attached hydrogen (secondary N) is 2. The second-order valence-electron chi connectivity index (χ2n) is 2.75. The molecular weight excluding hydrogens is 201 g/mol. The summed E-state index contributed by atoms with van der Waals surface area (Å²) in [4.78, 5) is 21.2. The Morgan fingerprint density at radius 2 is 2.00 bits per heavy atom. The number of rotatable bonds is 3. The van der Waals surface area contributed by atoms with Crippen LogP contribution in [0, 0.1) is 5.82 Å². The molecule has 15 heavy (non-hydrogen) atoms. The van der Waals surface area contributed by atoms with Gasteiger partial charge in [-0.1, -0.05) is 12.1 Å². The van der Waals surface area contributed by atoms with Crippen molar-refractivity contribution in [1.82, 2.24) is 5.32 Å². The molecule has 0 aliphatic rings. The van der Waals surface area contributed by atoms with Crippen molar-refractivity contribution in [2.75, 3.05) is 11.9 Å². The average molecular weight is 211 g/mol. The van der Waals surface area contributed by atoms with Crippen LogP contribution in [0.2, 0.25) is 0 Å². The van der Waals surface area contributed by atoms with Crippen molar-refractivity contribution in [2.45, 2.75) is 0 Å². The lowest BCUT2D eigenvalue weighted by atomic mass is 10.3. The molecule has 0 spiro atoms. The summed E-state index contributed by atoms with van der Waals surface area (Å²) >= 11 is 0. The van der Waals surface area contributed by atoms with Crippen LogP contribution in [-0.4, -0.2) is 18.5 Å². The molecule has 6 heteroatoms. The molecule has 0 saturated carbocycles. The van der Waals surface area contributed by atoms with Gasteiger partial charge in [-0.05, 0) is 12.1 Å². The molecule has 1 aromatic rings. The van der Waals surface area contributed by atoms with Crippen molar-refractivity contribution in [2.24, 2.45) is 5.73 Å². The van der Waals surface area contributed by atoms with E-state index in [2.05, 4.69) is 5.32 Å². The van der Waals surface area contributed by atoms with Gasteiger partial charge in [0.1, 0.15) is 5.82 Å². The summed E-state index contributed by atoms with van der Waals surface area (Å²) in [5.74, 6) is -1.09. The molecular formula is C9H10FN3O2. The number of urea groups is 1. The molecule has 0 atom stereocenters. The largest absolute Gasteiger partial charge is 0.374 e. The van der Waals surface area contributed by atoms with E-state index in [1.165, 1.54) is 18.2 Å². The van der Waals surface area contributed by atoms with E-state index in [1.54, 1.807) is 6.07 Å². The van der Waals surface area contributed by atoms with Crippen LogP contribution in [-0.2, 0) is 4.79 Å². The topological polar surface area (TPSA) is 84.2 Å². The minimum Gasteiger partial charge on any atom is -0.374 e. The van der Waals surface area contributed by atoms with Crippen LogP contribution in [0.15, 0.2) is 24.3 Å². The number of carbonyl (C=O) groups is 2. The highest BCUT2D eigenvalue weighted by atomic mass is 19.1. The van der Waals surface area contributed by atoms with E-state index in [1.807, 2.05) is 5.32 Å². The summed E-state index contributed by atoms with van der Waals surface area (Å²) in [5.41, 5.74) is 4.91. The lowest BCUT2D eigenvalue weighted by molar-refractivity contribution is -0.118. The molecule has 0 aromatic heterocycles. The number of benzene rings is 1. The Kier molecular flexibility index (Phi) is 3.61. The Hall–Kier alpha value is -2.11. The first-order valence-corrected chi connectivity index (χ1v) is 4.17. The summed E-state index contributed by atoms with van der Waals surface area (Å²) in [7, 11) is 0. The quantitative estimate of drug-likeness (QED) is 0.678. The molecule has 0 saturated heterocycles. The number of anilines is 1. The Bertz CT molecular complexity index is 381. The van der Waals surface area contributed by atoms with Gasteiger partial charge in [-0.25, -0.2) is 9.18 Å². The van der Waals surface area contributed by atoms with Gasteiger partial charge in [-0.3, -0.25) is 10.1 Å². The summed E-state index contributed by atoms with van der Waals surface area (Å²) in [6, 6.07) is 4.96. The Morgan fingerprint density at radius 3 is 2.60 bits per heavy atom. The standard InChI is InChI=1S/C9H10FN3O2/c10-6-3-1-2-4-7(6)12-5-8(14)13-9(11)15/h1-4,12H,5H2,(H3,11,13,14,15). The van der Waals surface area contributed by atoms with Crippen LogP contribution in [0.1, 0.15) is 0 Å². The highest BCUT2D eigenvalue weighted by Crippen LogP contribution is 2.11. The predicted molar refractivity (Wildman–Crippen MR) is 52.6 cm³/mol. The maximum atomic E-state index is 13.0. The fraction of sp³-hybridized carbons (Fsp3) is 0.111. The molecule has 0 radical (unpaired) electrons. The molecule has 80 valence electrons. The second kappa shape index (κ2) is 4.94. The lowest BCUT2D eigenvalue weighted by Gasteiger charge is -2.06. The molecule has 5 nitrogen and oxygen atoms in total. The number of halogens is 1. The van der Waals surface area contributed by atoms with Crippen LogP contribution in [0.3, 0.4) is 0 Å². The minimum atomic E-state index is -0.935. The van der Waals surface area contributed by atoms with Crippen molar-refractivity contribution in [1.29, 1.82) is 0 Å². The van der Waals surface area contributed by atoms with E-state index in [9.17, 15) is 14.0 Å². The van der Waals surface area contributed by atoms with E-state index < -0.39 is 17.8 Å². The number of para-hydroxylation sites is 1. The molecule has 1 aromatic carbocycles. The number of nitrogens with two attached hydrogens (primary N) is 1. The Morgan fingerprint density at radius 1 is 1.33 bits per heavy atom. The SMILES string of the molecule is NC(=O)NC(=O)CNc1ccccc1F. The van der Waals surface area contributed by atoms with E-state index in [0.717, 1.165) is 0 Å². The van der Waals surface area contributed by atoms with Gasteiger partial charge >= 0.3 is 6.03 Å². The van der Waals surface area contributed by atoms with Crippen LogP contribution in [0.25, 0.3) is 0 Å². The molecule has 4 N–H and O–H groups in total. The molecule has 0 unspecified atom stereocenters.